The fraction of sp³-hybridized carbons (Fsp3) is 0.263. The average molecular weight is 357 g/mol. The van der Waals surface area contributed by atoms with Crippen molar-refractivity contribution in [1.29, 1.82) is 0 Å². The van der Waals surface area contributed by atoms with E-state index in [0.29, 0.717) is 22.8 Å². The standard InChI is InChI=1S/C19H19NO6/c1-23-14-8-7-12(9-13(14)19(22)24-2)10-20-18(21)17-11-25-15-5-3-4-6-16(15)26-17/h3-9,17H,10-11H2,1-2H3,(H,20,21)/t17-/m1/s1. The van der Waals surface area contributed by atoms with Crippen molar-refractivity contribution in [3.8, 4) is 17.2 Å². The molecule has 1 N–H and O–H groups in total. The lowest BCUT2D eigenvalue weighted by molar-refractivity contribution is -0.130. The molecule has 0 unspecified atom stereocenters. The number of ether oxygens (including phenoxy) is 4. The molecule has 1 amide bonds. The van der Waals surface area contributed by atoms with Gasteiger partial charge in [-0.25, -0.2) is 4.79 Å². The molecule has 0 radical (unpaired) electrons. The van der Waals surface area contributed by atoms with E-state index in [9.17, 15) is 9.59 Å². The van der Waals surface area contributed by atoms with Crippen molar-refractivity contribution in [2.75, 3.05) is 20.8 Å². The number of amides is 1. The maximum absolute atomic E-state index is 12.3. The largest absolute Gasteiger partial charge is 0.496 e. The summed E-state index contributed by atoms with van der Waals surface area (Å²) in [4.78, 5) is 24.2. The predicted molar refractivity (Wildman–Crippen MR) is 92.5 cm³/mol. The maximum atomic E-state index is 12.3. The Bertz CT molecular complexity index is 819. The molecule has 136 valence electrons. The van der Waals surface area contributed by atoms with E-state index in [-0.39, 0.29) is 19.1 Å². The number of carbonyl (C=O) groups is 2. The predicted octanol–water partition coefficient (Wildman–Crippen LogP) is 1.94. The first kappa shape index (κ1) is 17.6. The second kappa shape index (κ2) is 7.77. The van der Waals surface area contributed by atoms with Gasteiger partial charge in [-0.05, 0) is 29.8 Å². The number of benzene rings is 2. The first-order valence-corrected chi connectivity index (χ1v) is 8.04. The Morgan fingerprint density at radius 2 is 1.92 bits per heavy atom. The van der Waals surface area contributed by atoms with Gasteiger partial charge in [0.2, 0.25) is 6.10 Å². The van der Waals surface area contributed by atoms with Gasteiger partial charge in [-0.3, -0.25) is 4.79 Å². The number of hydrogen-bond acceptors (Lipinski definition) is 6. The number of hydrogen-bond donors (Lipinski definition) is 1. The van der Waals surface area contributed by atoms with Crippen LogP contribution < -0.4 is 19.5 Å². The van der Waals surface area contributed by atoms with Crippen LogP contribution in [-0.2, 0) is 16.1 Å². The zero-order valence-electron chi connectivity index (χ0n) is 14.5. The van der Waals surface area contributed by atoms with Crippen LogP contribution in [0.2, 0.25) is 0 Å². The molecule has 0 aromatic heterocycles. The molecule has 26 heavy (non-hydrogen) atoms. The highest BCUT2D eigenvalue weighted by atomic mass is 16.6. The summed E-state index contributed by atoms with van der Waals surface area (Å²) < 4.78 is 21.1. The van der Waals surface area contributed by atoms with Gasteiger partial charge in [0.1, 0.15) is 17.9 Å². The summed E-state index contributed by atoms with van der Waals surface area (Å²) >= 11 is 0. The van der Waals surface area contributed by atoms with E-state index in [0.717, 1.165) is 5.56 Å². The SMILES string of the molecule is COC(=O)c1cc(CNC(=O)[C@H]2COc3ccccc3O2)ccc1OC. The molecule has 0 spiro atoms. The fourth-order valence-corrected chi connectivity index (χ4v) is 2.59. The Balaban J connectivity index is 1.64. The van der Waals surface area contributed by atoms with E-state index >= 15 is 0 Å². The quantitative estimate of drug-likeness (QED) is 0.824. The molecule has 1 aliphatic rings. The maximum Gasteiger partial charge on any atom is 0.341 e. The van der Waals surface area contributed by atoms with Crippen molar-refractivity contribution in [3.63, 3.8) is 0 Å². The number of para-hydroxylation sites is 2. The average Bonchev–Trinajstić information content (AvgIpc) is 2.70. The highest BCUT2D eigenvalue weighted by Crippen LogP contribution is 2.30. The molecule has 1 heterocycles. The molecule has 0 saturated carbocycles. The Kier molecular flexibility index (Phi) is 5.26. The summed E-state index contributed by atoms with van der Waals surface area (Å²) in [6.45, 7) is 0.368. The van der Waals surface area contributed by atoms with Crippen LogP contribution in [0.1, 0.15) is 15.9 Å². The van der Waals surface area contributed by atoms with Gasteiger partial charge in [0, 0.05) is 6.54 Å². The number of carbonyl (C=O) groups excluding carboxylic acids is 2. The lowest BCUT2D eigenvalue weighted by atomic mass is 10.1. The van der Waals surface area contributed by atoms with Gasteiger partial charge in [-0.15, -0.1) is 0 Å². The van der Waals surface area contributed by atoms with Crippen LogP contribution in [0.3, 0.4) is 0 Å². The highest BCUT2D eigenvalue weighted by Gasteiger charge is 2.27. The van der Waals surface area contributed by atoms with Crippen molar-refractivity contribution in [2.45, 2.75) is 12.6 Å². The van der Waals surface area contributed by atoms with Crippen LogP contribution in [0, 0.1) is 0 Å². The zero-order chi connectivity index (χ0) is 18.5. The topological polar surface area (TPSA) is 83.1 Å². The molecule has 7 heteroatoms. The molecule has 0 saturated heterocycles. The Morgan fingerprint density at radius 3 is 2.65 bits per heavy atom. The molecule has 0 aliphatic carbocycles. The van der Waals surface area contributed by atoms with Crippen molar-refractivity contribution < 1.29 is 28.5 Å². The number of nitrogens with one attached hydrogen (secondary N) is 1. The lowest BCUT2D eigenvalue weighted by Gasteiger charge is -2.25. The van der Waals surface area contributed by atoms with Crippen LogP contribution in [0.15, 0.2) is 42.5 Å². The van der Waals surface area contributed by atoms with Gasteiger partial charge in [0.05, 0.1) is 14.2 Å². The minimum atomic E-state index is -0.733. The normalized spacial score (nSPS) is 15.1. The minimum Gasteiger partial charge on any atom is -0.496 e. The number of esters is 1. The van der Waals surface area contributed by atoms with Crippen LogP contribution in [-0.4, -0.2) is 38.8 Å². The summed E-state index contributed by atoms with van der Waals surface area (Å²) in [5.74, 6) is 0.767. The Hall–Kier alpha value is -3.22. The Morgan fingerprint density at radius 1 is 1.15 bits per heavy atom. The summed E-state index contributed by atoms with van der Waals surface area (Å²) in [6.07, 6.45) is -0.733. The highest BCUT2D eigenvalue weighted by molar-refractivity contribution is 5.92. The number of methoxy groups -OCH3 is 2. The molecule has 0 fully saturated rings. The third-order valence-corrected chi connectivity index (χ3v) is 3.94. The molecule has 0 bridgehead atoms. The van der Waals surface area contributed by atoms with Crippen molar-refractivity contribution >= 4 is 11.9 Å². The van der Waals surface area contributed by atoms with Gasteiger partial charge in [-0.2, -0.15) is 0 Å². The van der Waals surface area contributed by atoms with E-state index in [1.807, 2.05) is 12.1 Å². The van der Waals surface area contributed by atoms with Gasteiger partial charge in [0.15, 0.2) is 11.5 Å². The zero-order valence-corrected chi connectivity index (χ0v) is 14.5. The summed E-state index contributed by atoms with van der Waals surface area (Å²) in [6, 6.07) is 12.2. The summed E-state index contributed by atoms with van der Waals surface area (Å²) in [5, 5.41) is 2.78. The van der Waals surface area contributed by atoms with Crippen LogP contribution in [0.4, 0.5) is 0 Å². The van der Waals surface area contributed by atoms with E-state index in [1.54, 1.807) is 30.3 Å². The van der Waals surface area contributed by atoms with Gasteiger partial charge in [0.25, 0.3) is 5.91 Å². The summed E-state index contributed by atoms with van der Waals surface area (Å²) in [5.41, 5.74) is 1.03. The molecule has 3 rings (SSSR count). The van der Waals surface area contributed by atoms with Gasteiger partial charge >= 0.3 is 5.97 Å². The molecule has 2 aromatic rings. The van der Waals surface area contributed by atoms with E-state index in [4.69, 9.17) is 18.9 Å². The molecular formula is C19H19NO6. The monoisotopic (exact) mass is 357 g/mol. The van der Waals surface area contributed by atoms with Crippen molar-refractivity contribution in [3.05, 3.63) is 53.6 Å². The second-order valence-corrected chi connectivity index (χ2v) is 5.61. The van der Waals surface area contributed by atoms with E-state index in [2.05, 4.69) is 5.32 Å². The first-order valence-electron chi connectivity index (χ1n) is 8.04. The number of rotatable bonds is 5. The minimum absolute atomic E-state index is 0.138. The number of fused-ring (bicyclic) bond motifs is 1. The molecule has 7 nitrogen and oxygen atoms in total. The van der Waals surface area contributed by atoms with Gasteiger partial charge in [-0.1, -0.05) is 18.2 Å². The third-order valence-electron chi connectivity index (χ3n) is 3.94. The molecule has 1 aliphatic heterocycles. The van der Waals surface area contributed by atoms with Crippen LogP contribution in [0.25, 0.3) is 0 Å². The lowest BCUT2D eigenvalue weighted by Crippen LogP contribution is -2.43. The second-order valence-electron chi connectivity index (χ2n) is 5.61. The van der Waals surface area contributed by atoms with E-state index in [1.165, 1.54) is 14.2 Å². The van der Waals surface area contributed by atoms with Gasteiger partial charge < -0.3 is 24.3 Å². The molecular weight excluding hydrogens is 338 g/mol. The van der Waals surface area contributed by atoms with Crippen LogP contribution in [0.5, 0.6) is 17.2 Å². The molecule has 2 aromatic carbocycles. The molecule has 1 atom stereocenters. The first-order chi connectivity index (χ1) is 12.6. The fourth-order valence-electron chi connectivity index (χ4n) is 2.59. The van der Waals surface area contributed by atoms with Crippen molar-refractivity contribution in [2.24, 2.45) is 0 Å². The van der Waals surface area contributed by atoms with E-state index < -0.39 is 12.1 Å². The smallest absolute Gasteiger partial charge is 0.341 e. The van der Waals surface area contributed by atoms with Crippen molar-refractivity contribution in [1.82, 2.24) is 5.32 Å². The summed E-state index contributed by atoms with van der Waals surface area (Å²) in [7, 11) is 2.77. The third kappa shape index (κ3) is 3.72. The van der Waals surface area contributed by atoms with Crippen LogP contribution >= 0.6 is 0 Å². The Labute approximate surface area is 150 Å².